The fourth-order valence-electron chi connectivity index (χ4n) is 17.1. The van der Waals surface area contributed by atoms with Crippen molar-refractivity contribution >= 4 is 68.6 Å². The van der Waals surface area contributed by atoms with Crippen molar-refractivity contribution in [1.82, 2.24) is 0 Å². The van der Waals surface area contributed by atoms with Crippen LogP contribution in [0, 0.1) is 6.92 Å². The fraction of sp³-hybridized carbons (Fsp3) is 0.425. The summed E-state index contributed by atoms with van der Waals surface area (Å²) in [5, 5.41) is 0. The number of benzene rings is 7. The first-order valence-corrected chi connectivity index (χ1v) is 29.4. The Hall–Kier alpha value is -6.00. The Balaban J connectivity index is 1.21. The van der Waals surface area contributed by atoms with E-state index in [4.69, 9.17) is 0 Å². The zero-order chi connectivity index (χ0) is 54.5. The molecular weight excluding hydrogens is 930 g/mol. The van der Waals surface area contributed by atoms with E-state index in [0.717, 1.165) is 19.3 Å². The molecule has 77 heavy (non-hydrogen) atoms. The third-order valence-corrected chi connectivity index (χ3v) is 20.8. The molecule has 7 aromatic rings. The van der Waals surface area contributed by atoms with Gasteiger partial charge in [-0.05, 0) is 187 Å². The van der Waals surface area contributed by atoms with E-state index in [-0.39, 0.29) is 50.2 Å². The standard InChI is InChI=1S/C73H84BN3/c1-45-35-52-54(70(12,13)43-68(52,8)9)41-61(45)76-60-32-30-48(67(5,6)7)37-56(60)74-57-40-53-55(71(14,15)44-69(53,10)11)42-62(57)75(58-31-29-47(66(2,3)4)36-50(58)46-25-19-18-20-26-46)63-38-49(39-64(76)65(63)74)77-59-28-22-21-27-51(59)72(16)33-23-24-34-73(72,77)17/h18-22,25-32,35-42H,23-24,33-34,43-44H2,1-17H3. The number of fused-ring (bicyclic) bond motifs is 9. The summed E-state index contributed by atoms with van der Waals surface area (Å²) in [6.07, 6.45) is 7.04. The molecule has 3 nitrogen and oxygen atoms in total. The minimum absolute atomic E-state index is 0.00141. The molecule has 0 saturated heterocycles. The van der Waals surface area contributed by atoms with Crippen LogP contribution < -0.4 is 31.1 Å². The number of hydrogen-bond donors (Lipinski definition) is 0. The van der Waals surface area contributed by atoms with Crippen molar-refractivity contribution in [1.29, 1.82) is 0 Å². The van der Waals surface area contributed by atoms with Crippen molar-refractivity contribution < 1.29 is 0 Å². The van der Waals surface area contributed by atoms with E-state index in [9.17, 15) is 0 Å². The van der Waals surface area contributed by atoms with Gasteiger partial charge in [-0.2, -0.15) is 0 Å². The Bertz CT molecular complexity index is 3630. The second-order valence-electron chi connectivity index (χ2n) is 30.1. The quantitative estimate of drug-likeness (QED) is 0.163. The number of aryl methyl sites for hydroxylation is 1. The van der Waals surface area contributed by atoms with E-state index < -0.39 is 0 Å². The van der Waals surface area contributed by atoms with Crippen LogP contribution in [0.4, 0.5) is 45.5 Å². The zero-order valence-corrected chi connectivity index (χ0v) is 49.8. The SMILES string of the molecule is Cc1cc2c(cc1N1c3ccc(C(C)(C)C)cc3B3c4cc5c(cc4N(c4ccc(C(C)(C)C)cc4-c4ccccc4)c4cc(N6c7ccccc7C7(C)CCCCC67C)cc1c43)C(C)(C)CC5(C)C)C(C)(C)CC2(C)C. The minimum atomic E-state index is -0.134. The molecule has 7 aromatic carbocycles. The summed E-state index contributed by atoms with van der Waals surface area (Å²) in [6.45, 7) is 41.7. The van der Waals surface area contributed by atoms with Crippen LogP contribution in [0.15, 0.2) is 127 Å². The van der Waals surface area contributed by atoms with Crippen molar-refractivity contribution in [3.8, 4) is 11.1 Å². The Labute approximate surface area is 463 Å². The lowest BCUT2D eigenvalue weighted by Gasteiger charge is -2.51. The summed E-state index contributed by atoms with van der Waals surface area (Å²) in [4.78, 5) is 8.37. The van der Waals surface area contributed by atoms with Gasteiger partial charge < -0.3 is 14.7 Å². The Morgan fingerprint density at radius 1 is 0.429 bits per heavy atom. The van der Waals surface area contributed by atoms with Gasteiger partial charge in [-0.15, -0.1) is 0 Å². The van der Waals surface area contributed by atoms with E-state index in [1.54, 1.807) is 0 Å². The van der Waals surface area contributed by atoms with Gasteiger partial charge in [0.15, 0.2) is 0 Å². The van der Waals surface area contributed by atoms with Gasteiger partial charge >= 0.3 is 0 Å². The number of hydrogen-bond acceptors (Lipinski definition) is 3. The molecule has 0 bridgehead atoms. The van der Waals surface area contributed by atoms with Crippen molar-refractivity contribution in [2.75, 3.05) is 14.7 Å². The smallest absolute Gasteiger partial charge is 0.252 e. The number of rotatable bonds is 4. The highest BCUT2D eigenvalue weighted by atomic mass is 15.3. The Morgan fingerprint density at radius 3 is 1.56 bits per heavy atom. The maximum absolute atomic E-state index is 2.84. The molecule has 4 heteroatoms. The predicted molar refractivity (Wildman–Crippen MR) is 332 cm³/mol. The lowest BCUT2D eigenvalue weighted by atomic mass is 9.33. The molecule has 0 N–H and O–H groups in total. The fourth-order valence-corrected chi connectivity index (χ4v) is 17.1. The predicted octanol–water partition coefficient (Wildman–Crippen LogP) is 18.0. The molecule has 0 radical (unpaired) electrons. The highest BCUT2D eigenvalue weighted by Crippen LogP contribution is 2.63. The summed E-state index contributed by atoms with van der Waals surface area (Å²) in [5.74, 6) is 0. The maximum atomic E-state index is 2.84. The number of anilines is 8. The largest absolute Gasteiger partial charge is 0.334 e. The Kier molecular flexibility index (Phi) is 10.5. The molecule has 0 spiro atoms. The monoisotopic (exact) mass is 1010 g/mol. The third kappa shape index (κ3) is 7.14. The first-order chi connectivity index (χ1) is 36.1. The zero-order valence-electron chi connectivity index (χ0n) is 49.8. The van der Waals surface area contributed by atoms with Gasteiger partial charge in [-0.25, -0.2) is 0 Å². The highest BCUT2D eigenvalue weighted by molar-refractivity contribution is 7.00. The minimum Gasteiger partial charge on any atom is -0.334 e. The van der Waals surface area contributed by atoms with Crippen LogP contribution in [-0.2, 0) is 37.9 Å². The van der Waals surface area contributed by atoms with E-state index in [2.05, 4.69) is 260 Å². The molecule has 1 fully saturated rings. The number of nitrogens with zero attached hydrogens (tertiary/aromatic N) is 3. The van der Waals surface area contributed by atoms with Crippen LogP contribution in [-0.4, -0.2) is 12.3 Å². The Morgan fingerprint density at radius 2 is 0.935 bits per heavy atom. The molecule has 394 valence electrons. The summed E-state index contributed by atoms with van der Waals surface area (Å²) >= 11 is 0. The van der Waals surface area contributed by atoms with Gasteiger partial charge in [0.25, 0.3) is 6.71 Å². The highest BCUT2D eigenvalue weighted by Gasteiger charge is 2.58. The third-order valence-electron chi connectivity index (χ3n) is 20.8. The topological polar surface area (TPSA) is 9.72 Å². The van der Waals surface area contributed by atoms with E-state index in [1.807, 2.05) is 0 Å². The van der Waals surface area contributed by atoms with Gasteiger partial charge in [-0.3, -0.25) is 0 Å². The first-order valence-electron chi connectivity index (χ1n) is 29.4. The normalized spacial score (nSPS) is 22.7. The van der Waals surface area contributed by atoms with Crippen LogP contribution >= 0.6 is 0 Å². The van der Waals surface area contributed by atoms with Crippen molar-refractivity contribution in [2.45, 2.75) is 200 Å². The van der Waals surface area contributed by atoms with Crippen LogP contribution in [0.5, 0.6) is 0 Å². The molecule has 2 atom stereocenters. The summed E-state index contributed by atoms with van der Waals surface area (Å²) in [5.41, 5.74) is 28.5. The molecular formula is C73H84BN3. The molecule has 3 heterocycles. The summed E-state index contributed by atoms with van der Waals surface area (Å²) in [6, 6.07) is 51.7. The molecule has 0 amide bonds. The second kappa shape index (κ2) is 16.1. The maximum Gasteiger partial charge on any atom is 0.252 e. The first kappa shape index (κ1) is 50.5. The molecule has 3 aliphatic carbocycles. The molecule has 0 aromatic heterocycles. The van der Waals surface area contributed by atoms with Crippen LogP contribution in [0.25, 0.3) is 11.1 Å². The number of para-hydroxylation sites is 1. The summed E-state index contributed by atoms with van der Waals surface area (Å²) < 4.78 is 0. The van der Waals surface area contributed by atoms with Crippen LogP contribution in [0.3, 0.4) is 0 Å². The average molecular weight is 1010 g/mol. The van der Waals surface area contributed by atoms with Gasteiger partial charge in [0.2, 0.25) is 0 Å². The lowest BCUT2D eigenvalue weighted by Crippen LogP contribution is -2.62. The van der Waals surface area contributed by atoms with Crippen molar-refractivity contribution in [2.24, 2.45) is 0 Å². The van der Waals surface area contributed by atoms with Crippen molar-refractivity contribution in [3.05, 3.63) is 172 Å². The van der Waals surface area contributed by atoms with Gasteiger partial charge in [0.05, 0.1) is 11.2 Å². The van der Waals surface area contributed by atoms with Crippen LogP contribution in [0.1, 0.15) is 194 Å². The molecule has 13 rings (SSSR count). The molecule has 1 saturated carbocycles. The van der Waals surface area contributed by atoms with Gasteiger partial charge in [-0.1, -0.05) is 196 Å². The molecule has 6 aliphatic rings. The van der Waals surface area contributed by atoms with Gasteiger partial charge in [0, 0.05) is 50.8 Å². The van der Waals surface area contributed by atoms with E-state index in [1.165, 1.54) is 137 Å². The van der Waals surface area contributed by atoms with Crippen LogP contribution in [0.2, 0.25) is 0 Å². The van der Waals surface area contributed by atoms with E-state index >= 15 is 0 Å². The van der Waals surface area contributed by atoms with Crippen molar-refractivity contribution in [3.63, 3.8) is 0 Å². The second-order valence-corrected chi connectivity index (χ2v) is 30.1. The molecule has 3 aliphatic heterocycles. The van der Waals surface area contributed by atoms with Gasteiger partial charge in [0.1, 0.15) is 0 Å². The molecule has 2 unspecified atom stereocenters. The average Bonchev–Trinajstić information content (AvgIpc) is 4.07. The van der Waals surface area contributed by atoms with E-state index in [0.29, 0.717) is 0 Å². The lowest BCUT2D eigenvalue weighted by molar-refractivity contribution is 0.195. The summed E-state index contributed by atoms with van der Waals surface area (Å²) in [7, 11) is 0.